The zero-order valence-electron chi connectivity index (χ0n) is 8.58. The summed E-state index contributed by atoms with van der Waals surface area (Å²) in [7, 11) is 0. The molecule has 1 heterocycles. The van der Waals surface area contributed by atoms with Crippen LogP contribution in [-0.4, -0.2) is 16.2 Å². The number of hydrogen-bond donors (Lipinski definition) is 2. The summed E-state index contributed by atoms with van der Waals surface area (Å²) in [6, 6.07) is 5.85. The minimum Gasteiger partial charge on any atom is -0.508 e. The summed E-state index contributed by atoms with van der Waals surface area (Å²) in [4.78, 5) is 21.8. The van der Waals surface area contributed by atoms with Crippen molar-refractivity contribution in [2.24, 2.45) is 0 Å². The van der Waals surface area contributed by atoms with Crippen molar-refractivity contribution in [3.8, 4) is 5.75 Å². The minimum absolute atomic E-state index is 0.00511. The summed E-state index contributed by atoms with van der Waals surface area (Å²) in [5.41, 5.74) is -0.256. The quantitative estimate of drug-likeness (QED) is 0.606. The van der Waals surface area contributed by atoms with Crippen LogP contribution in [0.1, 0.15) is 5.56 Å². The van der Waals surface area contributed by atoms with E-state index in [1.807, 2.05) is 0 Å². The van der Waals surface area contributed by atoms with Crippen LogP contribution in [0.4, 0.5) is 0 Å². The third-order valence-electron chi connectivity index (χ3n) is 2.15. The molecule has 0 saturated heterocycles. The predicted molar refractivity (Wildman–Crippen MR) is 60.8 cm³/mol. The van der Waals surface area contributed by atoms with Crippen LogP contribution >= 0.6 is 0 Å². The zero-order chi connectivity index (χ0) is 12.4. The molecule has 5 nitrogen and oxygen atoms in total. The minimum atomic E-state index is -1.14. The Morgan fingerprint density at radius 3 is 2.76 bits per heavy atom. The highest BCUT2D eigenvalue weighted by Crippen LogP contribution is 2.19. The van der Waals surface area contributed by atoms with E-state index in [0.29, 0.717) is 5.39 Å². The first-order valence-corrected chi connectivity index (χ1v) is 4.74. The first-order valence-electron chi connectivity index (χ1n) is 4.74. The first kappa shape index (κ1) is 10.9. The highest BCUT2D eigenvalue weighted by Gasteiger charge is 2.03. The van der Waals surface area contributed by atoms with Crippen molar-refractivity contribution in [3.05, 3.63) is 46.3 Å². The van der Waals surface area contributed by atoms with Crippen molar-refractivity contribution in [1.29, 1.82) is 0 Å². The molecule has 0 bridgehead atoms. The molecule has 17 heavy (non-hydrogen) atoms. The molecule has 0 aliphatic rings. The van der Waals surface area contributed by atoms with Crippen LogP contribution in [0.15, 0.2) is 39.6 Å². The molecule has 0 radical (unpaired) electrons. The van der Waals surface area contributed by atoms with E-state index >= 15 is 0 Å². The predicted octanol–water partition coefficient (Wildman–Crippen LogP) is 1.60. The molecule has 2 aromatic rings. The molecule has 0 unspecified atom stereocenters. The number of phenols is 1. The Morgan fingerprint density at radius 2 is 2.06 bits per heavy atom. The van der Waals surface area contributed by atoms with Crippen molar-refractivity contribution in [2.75, 3.05) is 0 Å². The van der Waals surface area contributed by atoms with Crippen LogP contribution in [0.5, 0.6) is 5.75 Å². The maximum Gasteiger partial charge on any atom is 0.343 e. The average molecular weight is 232 g/mol. The van der Waals surface area contributed by atoms with Gasteiger partial charge in [-0.2, -0.15) is 0 Å². The molecular formula is C12H8O5. The van der Waals surface area contributed by atoms with E-state index in [9.17, 15) is 14.7 Å². The van der Waals surface area contributed by atoms with Gasteiger partial charge in [0.1, 0.15) is 11.3 Å². The molecule has 5 heteroatoms. The molecule has 2 rings (SSSR count). The van der Waals surface area contributed by atoms with Crippen LogP contribution in [0.25, 0.3) is 17.0 Å². The Morgan fingerprint density at radius 1 is 1.29 bits per heavy atom. The number of carboxylic acids is 1. The highest BCUT2D eigenvalue weighted by molar-refractivity contribution is 5.86. The van der Waals surface area contributed by atoms with E-state index in [4.69, 9.17) is 9.52 Å². The monoisotopic (exact) mass is 232 g/mol. The Kier molecular flexibility index (Phi) is 2.66. The van der Waals surface area contributed by atoms with Crippen LogP contribution in [0, 0.1) is 0 Å². The third-order valence-corrected chi connectivity index (χ3v) is 2.15. The second kappa shape index (κ2) is 4.13. The molecule has 1 aromatic carbocycles. The molecule has 86 valence electrons. The van der Waals surface area contributed by atoms with Gasteiger partial charge in [0.2, 0.25) is 0 Å². The van der Waals surface area contributed by atoms with Crippen LogP contribution < -0.4 is 5.63 Å². The van der Waals surface area contributed by atoms with Gasteiger partial charge in [-0.15, -0.1) is 0 Å². The number of aromatic hydroxyl groups is 1. The molecule has 2 N–H and O–H groups in total. The van der Waals surface area contributed by atoms with Crippen LogP contribution in [-0.2, 0) is 4.79 Å². The van der Waals surface area contributed by atoms with Gasteiger partial charge in [-0.25, -0.2) is 9.59 Å². The lowest BCUT2D eigenvalue weighted by atomic mass is 10.1. The standard InChI is InChI=1S/C12H8O5/c13-9-3-1-7-5-8(2-4-11(14)15)12(16)17-10(7)6-9/h1-6,13H,(H,14,15)/b4-2+. The molecular weight excluding hydrogens is 224 g/mol. The molecule has 0 atom stereocenters. The van der Waals surface area contributed by atoms with E-state index in [0.717, 1.165) is 6.08 Å². The summed E-state index contributed by atoms with van der Waals surface area (Å²) in [6.07, 6.45) is 2.03. The number of benzene rings is 1. The number of hydrogen-bond acceptors (Lipinski definition) is 4. The molecule has 0 aliphatic heterocycles. The van der Waals surface area contributed by atoms with Gasteiger partial charge in [-0.1, -0.05) is 0 Å². The zero-order valence-corrected chi connectivity index (χ0v) is 8.58. The van der Waals surface area contributed by atoms with E-state index in [2.05, 4.69) is 0 Å². The molecule has 0 fully saturated rings. The van der Waals surface area contributed by atoms with Crippen molar-refractivity contribution in [2.45, 2.75) is 0 Å². The second-order valence-electron chi connectivity index (χ2n) is 3.38. The SMILES string of the molecule is O=C(O)/C=C/c1cc2ccc(O)cc2oc1=O. The van der Waals surface area contributed by atoms with Crippen LogP contribution in [0.3, 0.4) is 0 Å². The summed E-state index contributed by atoms with van der Waals surface area (Å²) in [6.45, 7) is 0. The number of fused-ring (bicyclic) bond motifs is 1. The fourth-order valence-corrected chi connectivity index (χ4v) is 1.39. The Bertz CT molecular complexity index is 666. The van der Waals surface area contributed by atoms with Crippen molar-refractivity contribution < 1.29 is 19.4 Å². The first-order chi connectivity index (χ1) is 8.06. The molecule has 0 saturated carbocycles. The Labute approximate surface area is 95.2 Å². The van der Waals surface area contributed by atoms with Crippen molar-refractivity contribution in [3.63, 3.8) is 0 Å². The average Bonchev–Trinajstić information content (AvgIpc) is 2.26. The number of rotatable bonds is 2. The number of carbonyl (C=O) groups is 1. The topological polar surface area (TPSA) is 87.7 Å². The van der Waals surface area contributed by atoms with Crippen LogP contribution in [0.2, 0.25) is 0 Å². The van der Waals surface area contributed by atoms with Crippen molar-refractivity contribution in [1.82, 2.24) is 0 Å². The lowest BCUT2D eigenvalue weighted by molar-refractivity contribution is -0.131. The normalized spacial score (nSPS) is 11.1. The largest absolute Gasteiger partial charge is 0.508 e. The van der Waals surface area contributed by atoms with Gasteiger partial charge in [0.15, 0.2) is 0 Å². The summed E-state index contributed by atoms with van der Waals surface area (Å²) in [5, 5.41) is 18.3. The highest BCUT2D eigenvalue weighted by atomic mass is 16.4. The van der Waals surface area contributed by atoms with Gasteiger partial charge in [0, 0.05) is 17.5 Å². The van der Waals surface area contributed by atoms with E-state index in [1.165, 1.54) is 24.3 Å². The summed E-state index contributed by atoms with van der Waals surface area (Å²) in [5.74, 6) is -1.15. The number of aliphatic carboxylic acids is 1. The maximum atomic E-state index is 11.5. The third kappa shape index (κ3) is 2.34. The van der Waals surface area contributed by atoms with Gasteiger partial charge in [-0.3, -0.25) is 0 Å². The van der Waals surface area contributed by atoms with E-state index in [1.54, 1.807) is 6.07 Å². The van der Waals surface area contributed by atoms with Crippen molar-refractivity contribution >= 4 is 23.0 Å². The van der Waals surface area contributed by atoms with E-state index < -0.39 is 11.6 Å². The Balaban J connectivity index is 2.60. The fourth-order valence-electron chi connectivity index (χ4n) is 1.39. The number of phenolic OH excluding ortho intramolecular Hbond substituents is 1. The smallest absolute Gasteiger partial charge is 0.343 e. The van der Waals surface area contributed by atoms with E-state index in [-0.39, 0.29) is 16.9 Å². The van der Waals surface area contributed by atoms with Gasteiger partial charge in [-0.05, 0) is 24.3 Å². The lowest BCUT2D eigenvalue weighted by Gasteiger charge is -1.98. The molecule has 0 amide bonds. The van der Waals surface area contributed by atoms with Gasteiger partial charge in [0.05, 0.1) is 5.56 Å². The maximum absolute atomic E-state index is 11.5. The molecule has 0 aliphatic carbocycles. The summed E-state index contributed by atoms with van der Waals surface area (Å²) >= 11 is 0. The molecule has 1 aromatic heterocycles. The van der Waals surface area contributed by atoms with Gasteiger partial charge < -0.3 is 14.6 Å². The van der Waals surface area contributed by atoms with Gasteiger partial charge >= 0.3 is 11.6 Å². The second-order valence-corrected chi connectivity index (χ2v) is 3.38. The number of carboxylic acid groups (broad SMARTS) is 1. The molecule has 0 spiro atoms. The van der Waals surface area contributed by atoms with Gasteiger partial charge in [0.25, 0.3) is 0 Å². The summed E-state index contributed by atoms with van der Waals surface area (Å²) < 4.78 is 4.95. The fraction of sp³-hybridized carbons (Fsp3) is 0. The Hall–Kier alpha value is -2.56. The lowest BCUT2D eigenvalue weighted by Crippen LogP contribution is -2.02.